The van der Waals surface area contributed by atoms with E-state index in [2.05, 4.69) is 5.32 Å². The van der Waals surface area contributed by atoms with Gasteiger partial charge in [-0.25, -0.2) is 8.42 Å². The second-order valence-electron chi connectivity index (χ2n) is 9.96. The van der Waals surface area contributed by atoms with Crippen molar-refractivity contribution < 1.29 is 18.0 Å². The highest BCUT2D eigenvalue weighted by molar-refractivity contribution is 7.92. The van der Waals surface area contributed by atoms with Crippen LogP contribution in [0.2, 0.25) is 10.0 Å². The zero-order valence-corrected chi connectivity index (χ0v) is 26.2. The van der Waals surface area contributed by atoms with E-state index in [1.54, 1.807) is 74.5 Å². The van der Waals surface area contributed by atoms with Crippen molar-refractivity contribution in [1.82, 2.24) is 10.2 Å². The lowest BCUT2D eigenvalue weighted by molar-refractivity contribution is -0.140. The standard InChI is InChI=1S/C33H33Cl2N3O4S/c1-3-36-33(40)31(21-25-11-6-4-7-12-25)37(22-26-17-19-27(34)20-18-26)32(39)23-38(30-16-10-15-29(35)24(30)2)43(41,42)28-13-8-5-9-14-28/h4-20,31H,3,21-23H2,1-2H3,(H,36,40)/t31-/m0/s1. The lowest BCUT2D eigenvalue weighted by Gasteiger charge is -2.34. The molecule has 0 spiro atoms. The number of benzene rings is 4. The molecule has 1 N–H and O–H groups in total. The maximum Gasteiger partial charge on any atom is 0.264 e. The van der Waals surface area contributed by atoms with Gasteiger partial charge < -0.3 is 10.2 Å². The minimum atomic E-state index is -4.21. The van der Waals surface area contributed by atoms with Crippen molar-refractivity contribution in [2.75, 3.05) is 17.4 Å². The predicted octanol–water partition coefficient (Wildman–Crippen LogP) is 6.27. The Morgan fingerprint density at radius 1 is 0.814 bits per heavy atom. The first kappa shape index (κ1) is 32.1. The maximum absolute atomic E-state index is 14.4. The van der Waals surface area contributed by atoms with Crippen molar-refractivity contribution in [2.24, 2.45) is 0 Å². The van der Waals surface area contributed by atoms with Gasteiger partial charge in [0.15, 0.2) is 0 Å². The number of nitrogens with one attached hydrogen (secondary N) is 1. The van der Waals surface area contributed by atoms with Gasteiger partial charge in [-0.1, -0.05) is 89.9 Å². The topological polar surface area (TPSA) is 86.8 Å². The highest BCUT2D eigenvalue weighted by Gasteiger charge is 2.35. The van der Waals surface area contributed by atoms with E-state index in [1.807, 2.05) is 30.3 Å². The van der Waals surface area contributed by atoms with E-state index in [4.69, 9.17) is 23.2 Å². The van der Waals surface area contributed by atoms with Gasteiger partial charge in [0.2, 0.25) is 11.8 Å². The van der Waals surface area contributed by atoms with E-state index in [9.17, 15) is 18.0 Å². The van der Waals surface area contributed by atoms with Crippen LogP contribution in [-0.4, -0.2) is 44.3 Å². The highest BCUT2D eigenvalue weighted by atomic mass is 35.5. The number of nitrogens with zero attached hydrogens (tertiary/aromatic N) is 2. The van der Waals surface area contributed by atoms with Gasteiger partial charge in [-0.05, 0) is 66.9 Å². The van der Waals surface area contributed by atoms with Gasteiger partial charge in [0.1, 0.15) is 12.6 Å². The van der Waals surface area contributed by atoms with E-state index in [1.165, 1.54) is 17.0 Å². The van der Waals surface area contributed by atoms with Crippen LogP contribution in [-0.2, 0) is 32.6 Å². The van der Waals surface area contributed by atoms with Crippen molar-refractivity contribution in [3.63, 3.8) is 0 Å². The second kappa shape index (κ2) is 14.6. The molecule has 0 aliphatic carbocycles. The van der Waals surface area contributed by atoms with Crippen molar-refractivity contribution in [1.29, 1.82) is 0 Å². The van der Waals surface area contributed by atoms with Crippen LogP contribution in [0.15, 0.2) is 108 Å². The van der Waals surface area contributed by atoms with Crippen LogP contribution in [0, 0.1) is 6.92 Å². The third kappa shape index (κ3) is 7.96. The smallest absolute Gasteiger partial charge is 0.264 e. The monoisotopic (exact) mass is 637 g/mol. The zero-order chi connectivity index (χ0) is 31.0. The molecule has 2 amide bonds. The molecular formula is C33H33Cl2N3O4S. The minimum absolute atomic E-state index is 0.0241. The highest BCUT2D eigenvalue weighted by Crippen LogP contribution is 2.31. The fraction of sp³-hybridized carbons (Fsp3) is 0.212. The molecule has 0 unspecified atom stereocenters. The Kier molecular flexibility index (Phi) is 10.9. The van der Waals surface area contributed by atoms with E-state index in [0.717, 1.165) is 15.4 Å². The first-order valence-electron chi connectivity index (χ1n) is 13.8. The Labute approximate surface area is 263 Å². The molecule has 0 aliphatic heterocycles. The molecule has 0 fully saturated rings. The number of hydrogen-bond acceptors (Lipinski definition) is 4. The average molecular weight is 639 g/mol. The normalized spacial score (nSPS) is 11.9. The Hall–Kier alpha value is -3.85. The summed E-state index contributed by atoms with van der Waals surface area (Å²) < 4.78 is 29.2. The fourth-order valence-electron chi connectivity index (χ4n) is 4.73. The third-order valence-electron chi connectivity index (χ3n) is 7.01. The molecule has 4 aromatic carbocycles. The van der Waals surface area contributed by atoms with Gasteiger partial charge >= 0.3 is 0 Å². The molecule has 4 aromatic rings. The number of hydrogen-bond donors (Lipinski definition) is 1. The molecule has 0 aliphatic rings. The molecule has 43 heavy (non-hydrogen) atoms. The number of amides is 2. The number of anilines is 1. The second-order valence-corrected chi connectivity index (χ2v) is 12.7. The molecule has 0 heterocycles. The summed E-state index contributed by atoms with van der Waals surface area (Å²) in [4.78, 5) is 29.4. The first-order chi connectivity index (χ1) is 20.6. The molecule has 0 saturated heterocycles. The number of sulfonamides is 1. The predicted molar refractivity (Wildman–Crippen MR) is 172 cm³/mol. The van der Waals surface area contributed by atoms with Crippen molar-refractivity contribution >= 4 is 50.7 Å². The number of halogens is 2. The van der Waals surface area contributed by atoms with Crippen LogP contribution >= 0.6 is 23.2 Å². The molecule has 0 aromatic heterocycles. The average Bonchev–Trinajstić information content (AvgIpc) is 3.01. The molecule has 0 radical (unpaired) electrons. The Morgan fingerprint density at radius 3 is 2.07 bits per heavy atom. The lowest BCUT2D eigenvalue weighted by Crippen LogP contribution is -2.53. The largest absolute Gasteiger partial charge is 0.355 e. The van der Waals surface area contributed by atoms with Gasteiger partial charge in [-0.15, -0.1) is 0 Å². The summed E-state index contributed by atoms with van der Waals surface area (Å²) in [5.41, 5.74) is 2.36. The van der Waals surface area contributed by atoms with Gasteiger partial charge in [0.25, 0.3) is 10.0 Å². The van der Waals surface area contributed by atoms with Crippen LogP contribution in [0.5, 0.6) is 0 Å². The molecule has 0 bridgehead atoms. The zero-order valence-electron chi connectivity index (χ0n) is 23.9. The Bertz CT molecular complexity index is 1650. The Balaban J connectivity index is 1.81. The van der Waals surface area contributed by atoms with Crippen LogP contribution in [0.1, 0.15) is 23.6 Å². The summed E-state index contributed by atoms with van der Waals surface area (Å²) in [5.74, 6) is -0.897. The molecule has 0 saturated carbocycles. The summed E-state index contributed by atoms with van der Waals surface area (Å²) in [6.45, 7) is 3.37. The summed E-state index contributed by atoms with van der Waals surface area (Å²) in [5, 5.41) is 3.74. The van der Waals surface area contributed by atoms with Crippen molar-refractivity contribution in [3.05, 3.63) is 130 Å². The van der Waals surface area contributed by atoms with Gasteiger partial charge in [0.05, 0.1) is 10.6 Å². The van der Waals surface area contributed by atoms with Crippen molar-refractivity contribution in [3.8, 4) is 0 Å². The number of carbonyl (C=O) groups is 2. The summed E-state index contributed by atoms with van der Waals surface area (Å²) in [6.07, 6.45) is 0.230. The molecule has 4 rings (SSSR count). The van der Waals surface area contributed by atoms with E-state index < -0.39 is 28.5 Å². The van der Waals surface area contributed by atoms with Gasteiger partial charge in [-0.2, -0.15) is 0 Å². The third-order valence-corrected chi connectivity index (χ3v) is 9.44. The maximum atomic E-state index is 14.4. The van der Waals surface area contributed by atoms with E-state index in [0.29, 0.717) is 22.2 Å². The van der Waals surface area contributed by atoms with E-state index in [-0.39, 0.29) is 29.5 Å². The minimum Gasteiger partial charge on any atom is -0.355 e. The fourth-order valence-corrected chi connectivity index (χ4v) is 6.52. The van der Waals surface area contributed by atoms with Crippen LogP contribution in [0.3, 0.4) is 0 Å². The first-order valence-corrected chi connectivity index (χ1v) is 16.0. The van der Waals surface area contributed by atoms with Crippen molar-refractivity contribution in [2.45, 2.75) is 37.8 Å². The summed E-state index contributed by atoms with van der Waals surface area (Å²) in [6, 6.07) is 28.3. The van der Waals surface area contributed by atoms with Gasteiger partial charge in [0, 0.05) is 29.6 Å². The molecule has 7 nitrogen and oxygen atoms in total. The van der Waals surface area contributed by atoms with Crippen LogP contribution < -0.4 is 9.62 Å². The summed E-state index contributed by atoms with van der Waals surface area (Å²) >= 11 is 12.5. The Morgan fingerprint density at radius 2 is 1.44 bits per heavy atom. The van der Waals surface area contributed by atoms with Crippen LogP contribution in [0.4, 0.5) is 5.69 Å². The number of rotatable bonds is 12. The quantitative estimate of drug-likeness (QED) is 0.198. The summed E-state index contributed by atoms with van der Waals surface area (Å²) in [7, 11) is -4.21. The van der Waals surface area contributed by atoms with Gasteiger partial charge in [-0.3, -0.25) is 13.9 Å². The lowest BCUT2D eigenvalue weighted by atomic mass is 10.0. The van der Waals surface area contributed by atoms with E-state index >= 15 is 0 Å². The molecule has 1 atom stereocenters. The molecule has 10 heteroatoms. The SMILES string of the molecule is CCNC(=O)[C@H](Cc1ccccc1)N(Cc1ccc(Cl)cc1)C(=O)CN(c1cccc(Cl)c1C)S(=O)(=O)c1ccccc1. The van der Waals surface area contributed by atoms with Crippen LogP contribution in [0.25, 0.3) is 0 Å². The number of likely N-dealkylation sites (N-methyl/N-ethyl adjacent to an activating group) is 1. The number of carbonyl (C=O) groups excluding carboxylic acids is 2. The molecule has 224 valence electrons. The molecular weight excluding hydrogens is 605 g/mol.